The number of anilines is 2. The molecule has 1 heterocycles. The van der Waals surface area contributed by atoms with Crippen molar-refractivity contribution in [1.29, 1.82) is 0 Å². The fourth-order valence-electron chi connectivity index (χ4n) is 2.72. The van der Waals surface area contributed by atoms with Gasteiger partial charge in [0.2, 0.25) is 0 Å². The molecule has 110 valence electrons. The molecule has 0 saturated carbocycles. The molecule has 1 aliphatic heterocycles. The van der Waals surface area contributed by atoms with Crippen LogP contribution in [0.5, 0.6) is 0 Å². The van der Waals surface area contributed by atoms with Crippen molar-refractivity contribution in [2.45, 2.75) is 33.6 Å². The topological polar surface area (TPSA) is 58.4 Å². The van der Waals surface area contributed by atoms with Crippen LogP contribution in [-0.4, -0.2) is 24.0 Å². The number of urea groups is 1. The highest BCUT2D eigenvalue weighted by molar-refractivity contribution is 5.89. The average Bonchev–Trinajstić information content (AvgIpc) is 2.40. The Morgan fingerprint density at radius 2 is 1.75 bits per heavy atom. The Kier molecular flexibility index (Phi) is 4.21. The van der Waals surface area contributed by atoms with Crippen molar-refractivity contribution in [3.8, 4) is 0 Å². The van der Waals surface area contributed by atoms with E-state index in [2.05, 4.69) is 26.1 Å². The molecule has 4 heteroatoms. The lowest BCUT2D eigenvalue weighted by atomic mass is 9.75. The van der Waals surface area contributed by atoms with Gasteiger partial charge in [-0.25, -0.2) is 4.79 Å². The maximum absolute atomic E-state index is 12.2. The Labute approximate surface area is 121 Å². The van der Waals surface area contributed by atoms with Crippen LogP contribution in [-0.2, 0) is 0 Å². The summed E-state index contributed by atoms with van der Waals surface area (Å²) in [5, 5.41) is 2.92. The molecule has 0 unspecified atom stereocenters. The van der Waals surface area contributed by atoms with Crippen molar-refractivity contribution < 1.29 is 4.79 Å². The normalized spacial score (nSPS) is 17.1. The second-order valence-electron chi connectivity index (χ2n) is 6.68. The Balaban J connectivity index is 1.87. The van der Waals surface area contributed by atoms with E-state index in [4.69, 9.17) is 5.73 Å². The molecule has 0 atom stereocenters. The number of piperidine rings is 1. The summed E-state index contributed by atoms with van der Waals surface area (Å²) < 4.78 is 0. The number of amides is 2. The summed E-state index contributed by atoms with van der Waals surface area (Å²) in [5.74, 6) is 0.697. The van der Waals surface area contributed by atoms with E-state index < -0.39 is 0 Å². The third-order valence-electron chi connectivity index (χ3n) is 4.17. The highest BCUT2D eigenvalue weighted by Gasteiger charge is 2.30. The molecule has 4 nitrogen and oxygen atoms in total. The Morgan fingerprint density at radius 1 is 1.20 bits per heavy atom. The van der Waals surface area contributed by atoms with Gasteiger partial charge in [0.1, 0.15) is 0 Å². The standard InChI is InChI=1S/C16H25N3O/c1-16(2,3)12-8-10-19(11-9-12)15(20)18-14-6-4-13(17)5-7-14/h4-7,12H,8-11,17H2,1-3H3,(H,18,20). The summed E-state index contributed by atoms with van der Waals surface area (Å²) in [4.78, 5) is 14.1. The minimum atomic E-state index is -0.0119. The number of nitrogens with zero attached hydrogens (tertiary/aromatic N) is 1. The Hall–Kier alpha value is -1.71. The molecular weight excluding hydrogens is 250 g/mol. The SMILES string of the molecule is CC(C)(C)C1CCN(C(=O)Nc2ccc(N)cc2)CC1. The third kappa shape index (κ3) is 3.65. The molecule has 1 saturated heterocycles. The van der Waals surface area contributed by atoms with Crippen molar-refractivity contribution in [3.63, 3.8) is 0 Å². The van der Waals surface area contributed by atoms with Crippen LogP contribution in [0.25, 0.3) is 0 Å². The fraction of sp³-hybridized carbons (Fsp3) is 0.562. The quantitative estimate of drug-likeness (QED) is 0.770. The largest absolute Gasteiger partial charge is 0.399 e. The van der Waals surface area contributed by atoms with Gasteiger partial charge in [0.05, 0.1) is 0 Å². The monoisotopic (exact) mass is 275 g/mol. The molecule has 3 N–H and O–H groups in total. The number of carbonyl (C=O) groups excluding carboxylic acids is 1. The lowest BCUT2D eigenvalue weighted by Gasteiger charge is -2.38. The maximum Gasteiger partial charge on any atom is 0.321 e. The van der Waals surface area contributed by atoms with Gasteiger partial charge in [-0.1, -0.05) is 20.8 Å². The molecule has 1 fully saturated rings. The van der Waals surface area contributed by atoms with Crippen LogP contribution in [0.4, 0.5) is 16.2 Å². The van der Waals surface area contributed by atoms with Crippen molar-refractivity contribution >= 4 is 17.4 Å². The third-order valence-corrected chi connectivity index (χ3v) is 4.17. The van der Waals surface area contributed by atoms with Gasteiger partial charge in [0, 0.05) is 24.5 Å². The molecule has 2 rings (SSSR count). The molecule has 0 bridgehead atoms. The lowest BCUT2D eigenvalue weighted by molar-refractivity contribution is 0.128. The highest BCUT2D eigenvalue weighted by Crippen LogP contribution is 2.34. The minimum Gasteiger partial charge on any atom is -0.399 e. The predicted molar refractivity (Wildman–Crippen MR) is 83.6 cm³/mol. The van der Waals surface area contributed by atoms with Gasteiger partial charge in [0.25, 0.3) is 0 Å². The zero-order valence-corrected chi connectivity index (χ0v) is 12.6. The van der Waals surface area contributed by atoms with Crippen LogP contribution in [0.3, 0.4) is 0 Å². The number of carbonyl (C=O) groups is 1. The first-order valence-corrected chi connectivity index (χ1v) is 7.28. The fourth-order valence-corrected chi connectivity index (χ4v) is 2.72. The van der Waals surface area contributed by atoms with Crippen LogP contribution in [0.2, 0.25) is 0 Å². The molecule has 1 aromatic carbocycles. The summed E-state index contributed by atoms with van der Waals surface area (Å²) in [5.41, 5.74) is 7.46. The highest BCUT2D eigenvalue weighted by atomic mass is 16.2. The van der Waals surface area contributed by atoms with Gasteiger partial charge in [-0.3, -0.25) is 0 Å². The average molecular weight is 275 g/mol. The first-order chi connectivity index (χ1) is 9.36. The van der Waals surface area contributed by atoms with Crippen molar-refractivity contribution in [1.82, 2.24) is 4.90 Å². The van der Waals surface area contributed by atoms with Crippen LogP contribution >= 0.6 is 0 Å². The molecule has 0 spiro atoms. The zero-order valence-electron chi connectivity index (χ0n) is 12.6. The van der Waals surface area contributed by atoms with Gasteiger partial charge in [-0.2, -0.15) is 0 Å². The van der Waals surface area contributed by atoms with E-state index in [1.165, 1.54) is 0 Å². The number of nitrogen functional groups attached to an aromatic ring is 1. The first-order valence-electron chi connectivity index (χ1n) is 7.28. The number of benzene rings is 1. The van der Waals surface area contributed by atoms with E-state index in [-0.39, 0.29) is 6.03 Å². The van der Waals surface area contributed by atoms with E-state index in [1.54, 1.807) is 12.1 Å². The van der Waals surface area contributed by atoms with Crippen molar-refractivity contribution in [3.05, 3.63) is 24.3 Å². The molecule has 2 amide bonds. The Bertz CT molecular complexity index is 454. The van der Waals surface area contributed by atoms with E-state index in [1.807, 2.05) is 17.0 Å². The summed E-state index contributed by atoms with van der Waals surface area (Å²) >= 11 is 0. The summed E-state index contributed by atoms with van der Waals surface area (Å²) in [7, 11) is 0. The Morgan fingerprint density at radius 3 is 2.25 bits per heavy atom. The summed E-state index contributed by atoms with van der Waals surface area (Å²) in [6.07, 6.45) is 2.16. The van der Waals surface area contributed by atoms with Crippen molar-refractivity contribution in [2.75, 3.05) is 24.1 Å². The molecule has 1 aromatic rings. The second-order valence-corrected chi connectivity index (χ2v) is 6.68. The second kappa shape index (κ2) is 5.73. The summed E-state index contributed by atoms with van der Waals surface area (Å²) in [6.45, 7) is 8.51. The van der Waals surface area contributed by atoms with E-state index in [9.17, 15) is 4.79 Å². The number of nitrogens with two attached hydrogens (primary N) is 1. The molecule has 20 heavy (non-hydrogen) atoms. The van der Waals surface area contributed by atoms with Gasteiger partial charge >= 0.3 is 6.03 Å². The van der Waals surface area contributed by atoms with Crippen LogP contribution < -0.4 is 11.1 Å². The van der Waals surface area contributed by atoms with Gasteiger partial charge in [-0.15, -0.1) is 0 Å². The zero-order chi connectivity index (χ0) is 14.8. The molecule has 1 aliphatic rings. The number of rotatable bonds is 1. The van der Waals surface area contributed by atoms with E-state index in [0.29, 0.717) is 17.0 Å². The predicted octanol–water partition coefficient (Wildman–Crippen LogP) is 3.56. The van der Waals surface area contributed by atoms with Crippen LogP contribution in [0, 0.1) is 11.3 Å². The maximum atomic E-state index is 12.2. The van der Waals surface area contributed by atoms with Gasteiger partial charge in [0.15, 0.2) is 0 Å². The van der Waals surface area contributed by atoms with Gasteiger partial charge < -0.3 is 16.0 Å². The van der Waals surface area contributed by atoms with Crippen LogP contribution in [0.1, 0.15) is 33.6 Å². The van der Waals surface area contributed by atoms with E-state index >= 15 is 0 Å². The van der Waals surface area contributed by atoms with Crippen molar-refractivity contribution in [2.24, 2.45) is 11.3 Å². The smallest absolute Gasteiger partial charge is 0.321 e. The molecule has 0 radical (unpaired) electrons. The minimum absolute atomic E-state index is 0.0119. The van der Waals surface area contributed by atoms with E-state index in [0.717, 1.165) is 31.6 Å². The summed E-state index contributed by atoms with van der Waals surface area (Å²) in [6, 6.07) is 7.23. The number of likely N-dealkylation sites (tertiary alicyclic amines) is 1. The molecule has 0 aromatic heterocycles. The first kappa shape index (κ1) is 14.7. The number of hydrogen-bond acceptors (Lipinski definition) is 2. The number of hydrogen-bond donors (Lipinski definition) is 2. The van der Waals surface area contributed by atoms with Gasteiger partial charge in [-0.05, 0) is 48.4 Å². The lowest BCUT2D eigenvalue weighted by Crippen LogP contribution is -2.43. The van der Waals surface area contributed by atoms with Crippen LogP contribution in [0.15, 0.2) is 24.3 Å². The molecular formula is C16H25N3O. The molecule has 0 aliphatic carbocycles. The number of nitrogens with one attached hydrogen (secondary N) is 1.